The van der Waals surface area contributed by atoms with E-state index in [2.05, 4.69) is 10.2 Å². The van der Waals surface area contributed by atoms with Crippen LogP contribution in [0.3, 0.4) is 0 Å². The smallest absolute Gasteiger partial charge is 0.358 e. The van der Waals surface area contributed by atoms with Gasteiger partial charge in [0.15, 0.2) is 11.4 Å². The summed E-state index contributed by atoms with van der Waals surface area (Å²) < 4.78 is 20.0. The Labute approximate surface area is 299 Å². The highest BCUT2D eigenvalue weighted by Crippen LogP contribution is 2.26. The van der Waals surface area contributed by atoms with Gasteiger partial charge in [0.05, 0.1) is 19.7 Å². The second kappa shape index (κ2) is 17.7. The molecule has 0 amide bonds. The molecule has 0 bridgehead atoms. The molecule has 50 heavy (non-hydrogen) atoms. The number of carboxylic acid groups (broad SMARTS) is 1. The second-order valence-electron chi connectivity index (χ2n) is 10.9. The van der Waals surface area contributed by atoms with Crippen LogP contribution in [0.1, 0.15) is 50.2 Å². The highest BCUT2D eigenvalue weighted by atomic mass is 35.5. The molecule has 256 valence electrons. The zero-order valence-corrected chi connectivity index (χ0v) is 28.6. The summed E-state index contributed by atoms with van der Waals surface area (Å²) in [4.78, 5) is 22.7. The van der Waals surface area contributed by atoms with Crippen LogP contribution in [-0.4, -0.2) is 43.2 Å². The molecule has 0 radical (unpaired) electrons. The summed E-state index contributed by atoms with van der Waals surface area (Å²) in [6, 6.07) is 33.7. The van der Waals surface area contributed by atoms with Crippen LogP contribution in [-0.2, 0) is 31.0 Å². The molecule has 12 heteroatoms. The van der Waals surface area contributed by atoms with Gasteiger partial charge in [0.1, 0.15) is 24.7 Å². The predicted molar refractivity (Wildman–Crippen MR) is 190 cm³/mol. The Bertz CT molecular complexity index is 2010. The molecule has 6 aromatic rings. The standard InChI is InChI=1S/C20H19ClN2O3.C18H15ClN2O3/c1-2-25-20(24)18-10-11-23(22-18)13-16-12-17(21)8-9-19(16)26-14-15-6-4-3-5-7-15;19-15-6-7-17(24-12-13-4-2-1-3-5-13)14(10-15)11-21-9-8-16(20-21)18(22)23/h3-12H,2,13-14H2,1H3;1-10H,11-12H2,(H,22,23). The highest BCUT2D eigenvalue weighted by Gasteiger charge is 2.13. The first kappa shape index (κ1) is 35.7. The van der Waals surface area contributed by atoms with E-state index in [4.69, 9.17) is 42.5 Å². The number of carbonyl (C=O) groups excluding carboxylic acids is 1. The van der Waals surface area contributed by atoms with Crippen molar-refractivity contribution in [2.24, 2.45) is 0 Å². The van der Waals surface area contributed by atoms with E-state index < -0.39 is 11.9 Å². The average molecular weight is 714 g/mol. The van der Waals surface area contributed by atoms with E-state index in [1.165, 1.54) is 6.07 Å². The number of carboxylic acids is 1. The molecule has 2 heterocycles. The van der Waals surface area contributed by atoms with Gasteiger partial charge in [0, 0.05) is 33.6 Å². The van der Waals surface area contributed by atoms with Gasteiger partial charge < -0.3 is 19.3 Å². The van der Waals surface area contributed by atoms with Crippen LogP contribution >= 0.6 is 23.2 Å². The van der Waals surface area contributed by atoms with E-state index in [0.29, 0.717) is 48.7 Å². The number of esters is 1. The molecule has 0 aliphatic carbocycles. The lowest BCUT2D eigenvalue weighted by atomic mass is 10.2. The SMILES string of the molecule is CCOC(=O)c1ccn(Cc2cc(Cl)ccc2OCc2ccccc2)n1.O=C(O)c1ccn(Cc2cc(Cl)ccc2OCc2ccccc2)n1. The minimum atomic E-state index is -1.06. The number of halogens is 2. The van der Waals surface area contributed by atoms with Crippen LogP contribution in [0.5, 0.6) is 11.5 Å². The van der Waals surface area contributed by atoms with Gasteiger partial charge in [0.25, 0.3) is 0 Å². The molecule has 0 spiro atoms. The Morgan fingerprint density at radius 2 is 1.12 bits per heavy atom. The molecule has 0 fully saturated rings. The molecular weight excluding hydrogens is 679 g/mol. The molecule has 10 nitrogen and oxygen atoms in total. The number of hydrogen-bond donors (Lipinski definition) is 1. The third-order valence-electron chi connectivity index (χ3n) is 7.17. The van der Waals surface area contributed by atoms with Gasteiger partial charge in [-0.05, 0) is 66.6 Å². The number of aromatic carboxylic acids is 1. The Kier molecular flexibility index (Phi) is 12.7. The Hall–Kier alpha value is -5.58. The van der Waals surface area contributed by atoms with Crippen molar-refractivity contribution in [2.75, 3.05) is 6.61 Å². The van der Waals surface area contributed by atoms with Crippen LogP contribution in [0.2, 0.25) is 10.0 Å². The summed E-state index contributed by atoms with van der Waals surface area (Å²) in [6.07, 6.45) is 3.35. The third-order valence-corrected chi connectivity index (χ3v) is 7.64. The molecule has 2 aromatic heterocycles. The first-order chi connectivity index (χ1) is 24.3. The molecule has 0 unspecified atom stereocenters. The van der Waals surface area contributed by atoms with Crippen LogP contribution < -0.4 is 9.47 Å². The van der Waals surface area contributed by atoms with E-state index in [-0.39, 0.29) is 11.4 Å². The maximum Gasteiger partial charge on any atom is 0.358 e. The summed E-state index contributed by atoms with van der Waals surface area (Å²) in [6.45, 7) is 3.79. The van der Waals surface area contributed by atoms with Gasteiger partial charge in [-0.3, -0.25) is 9.36 Å². The van der Waals surface area contributed by atoms with Crippen LogP contribution in [0, 0.1) is 0 Å². The predicted octanol–water partition coefficient (Wildman–Crippen LogP) is 8.20. The number of rotatable bonds is 13. The minimum absolute atomic E-state index is 0.00350. The Morgan fingerprint density at radius 1 is 0.660 bits per heavy atom. The number of aromatic nitrogens is 4. The quantitative estimate of drug-likeness (QED) is 0.119. The monoisotopic (exact) mass is 712 g/mol. The maximum atomic E-state index is 11.7. The normalized spacial score (nSPS) is 10.5. The van der Waals surface area contributed by atoms with Gasteiger partial charge in [-0.25, -0.2) is 9.59 Å². The van der Waals surface area contributed by atoms with Crippen molar-refractivity contribution in [3.8, 4) is 11.5 Å². The van der Waals surface area contributed by atoms with Crippen molar-refractivity contribution in [1.82, 2.24) is 19.6 Å². The molecule has 0 saturated carbocycles. The van der Waals surface area contributed by atoms with E-state index in [1.807, 2.05) is 78.9 Å². The fraction of sp³-hybridized carbons (Fsp3) is 0.158. The number of carbonyl (C=O) groups is 2. The summed E-state index contributed by atoms with van der Waals surface area (Å²) in [7, 11) is 0. The van der Waals surface area contributed by atoms with Crippen molar-refractivity contribution in [2.45, 2.75) is 33.2 Å². The lowest BCUT2D eigenvalue weighted by Crippen LogP contribution is -2.08. The topological polar surface area (TPSA) is 118 Å². The van der Waals surface area contributed by atoms with E-state index in [9.17, 15) is 9.59 Å². The highest BCUT2D eigenvalue weighted by molar-refractivity contribution is 6.31. The first-order valence-corrected chi connectivity index (χ1v) is 16.4. The average Bonchev–Trinajstić information content (AvgIpc) is 3.79. The fourth-order valence-electron chi connectivity index (χ4n) is 4.77. The van der Waals surface area contributed by atoms with E-state index in [0.717, 1.165) is 28.0 Å². The van der Waals surface area contributed by atoms with E-state index >= 15 is 0 Å². The molecule has 6 rings (SSSR count). The molecule has 0 aliphatic heterocycles. The fourth-order valence-corrected chi connectivity index (χ4v) is 5.16. The van der Waals surface area contributed by atoms with Crippen molar-refractivity contribution in [1.29, 1.82) is 0 Å². The van der Waals surface area contributed by atoms with Crippen LogP contribution in [0.25, 0.3) is 0 Å². The van der Waals surface area contributed by atoms with E-state index in [1.54, 1.807) is 52.9 Å². The van der Waals surface area contributed by atoms with Gasteiger partial charge in [-0.15, -0.1) is 0 Å². The van der Waals surface area contributed by atoms with Crippen LogP contribution in [0.4, 0.5) is 0 Å². The molecule has 1 N–H and O–H groups in total. The number of nitrogens with zero attached hydrogens (tertiary/aromatic N) is 4. The zero-order chi connectivity index (χ0) is 35.3. The Morgan fingerprint density at radius 3 is 1.56 bits per heavy atom. The first-order valence-electron chi connectivity index (χ1n) is 15.6. The third kappa shape index (κ3) is 10.5. The van der Waals surface area contributed by atoms with Gasteiger partial charge in [0.2, 0.25) is 0 Å². The lowest BCUT2D eigenvalue weighted by Gasteiger charge is -2.12. The maximum absolute atomic E-state index is 11.7. The van der Waals surface area contributed by atoms with Gasteiger partial charge in [-0.1, -0.05) is 83.9 Å². The number of hydrogen-bond acceptors (Lipinski definition) is 7. The van der Waals surface area contributed by atoms with Crippen molar-refractivity contribution in [3.05, 3.63) is 165 Å². The molecule has 0 atom stereocenters. The number of benzene rings is 4. The van der Waals surface area contributed by atoms with Crippen molar-refractivity contribution >= 4 is 35.1 Å². The molecule has 0 aliphatic rings. The summed E-state index contributed by atoms with van der Waals surface area (Å²) in [5, 5.41) is 18.4. The second-order valence-corrected chi connectivity index (χ2v) is 11.7. The molecule has 0 saturated heterocycles. The number of ether oxygens (including phenoxy) is 3. The molecular formula is C38H34Cl2N4O6. The van der Waals surface area contributed by atoms with Crippen LogP contribution in [0.15, 0.2) is 122 Å². The lowest BCUT2D eigenvalue weighted by molar-refractivity contribution is 0.0518. The van der Waals surface area contributed by atoms with Gasteiger partial charge >= 0.3 is 11.9 Å². The largest absolute Gasteiger partial charge is 0.489 e. The summed E-state index contributed by atoms with van der Waals surface area (Å²) >= 11 is 12.2. The molecule has 4 aromatic carbocycles. The minimum Gasteiger partial charge on any atom is -0.489 e. The summed E-state index contributed by atoms with van der Waals surface area (Å²) in [5.74, 6) is -0.0691. The van der Waals surface area contributed by atoms with Crippen molar-refractivity contribution < 1.29 is 28.9 Å². The van der Waals surface area contributed by atoms with Gasteiger partial charge in [-0.2, -0.15) is 10.2 Å². The Balaban J connectivity index is 0.000000195. The van der Waals surface area contributed by atoms with Crippen molar-refractivity contribution in [3.63, 3.8) is 0 Å². The zero-order valence-electron chi connectivity index (χ0n) is 27.1. The summed E-state index contributed by atoms with van der Waals surface area (Å²) in [5.41, 5.74) is 4.14.